The lowest BCUT2D eigenvalue weighted by atomic mass is 10.2. The molecule has 0 aromatic rings. The number of carbonyl (C=O) groups excluding carboxylic acids is 1. The molecule has 9 heavy (non-hydrogen) atoms. The van der Waals surface area contributed by atoms with Crippen molar-refractivity contribution in [1.82, 2.24) is 5.32 Å². The van der Waals surface area contributed by atoms with Crippen molar-refractivity contribution in [2.75, 3.05) is 7.05 Å². The van der Waals surface area contributed by atoms with Crippen LogP contribution >= 0.6 is 11.1 Å². The van der Waals surface area contributed by atoms with Gasteiger partial charge in [-0.05, 0) is 0 Å². The Bertz CT molecular complexity index is 116. The molecular weight excluding hydrogens is 154 g/mol. The van der Waals surface area contributed by atoms with Crippen LogP contribution in [0.3, 0.4) is 0 Å². The van der Waals surface area contributed by atoms with Gasteiger partial charge in [0.25, 0.3) is 0 Å². The fourth-order valence-electron chi connectivity index (χ4n) is 0.399. The van der Waals surface area contributed by atoms with E-state index in [-0.39, 0.29) is 10.9 Å². The van der Waals surface area contributed by atoms with Gasteiger partial charge in [0.15, 0.2) is 0 Å². The van der Waals surface area contributed by atoms with Crippen molar-refractivity contribution in [2.45, 2.75) is 18.9 Å². The monoisotopic (exact) mass is 165 g/mol. The van der Waals surface area contributed by atoms with E-state index in [1.54, 1.807) is 7.05 Å². The molecule has 0 aliphatic heterocycles. The third-order valence-corrected chi connectivity index (χ3v) is 4.17. The summed E-state index contributed by atoms with van der Waals surface area (Å²) in [5.74, 6) is 0.0455. The van der Waals surface area contributed by atoms with E-state index in [0.717, 1.165) is 0 Å². The van der Waals surface area contributed by atoms with Crippen molar-refractivity contribution < 1.29 is 4.79 Å². The fraction of sp³-hybridized carbons (Fsp3) is 0.800. The van der Waals surface area contributed by atoms with Crippen molar-refractivity contribution in [1.29, 1.82) is 0 Å². The predicted molar refractivity (Wildman–Crippen MR) is 42.5 cm³/mol. The maximum atomic E-state index is 10.9. The summed E-state index contributed by atoms with van der Waals surface area (Å²) in [7, 11) is 0.874. The molecule has 0 aliphatic rings. The summed E-state index contributed by atoms with van der Waals surface area (Å²) < 4.78 is 0. The maximum absolute atomic E-state index is 10.9. The maximum Gasteiger partial charge on any atom is 0.223 e. The summed E-state index contributed by atoms with van der Waals surface area (Å²) in [6.45, 7) is 3.73. The molecule has 0 rings (SSSR count). The van der Waals surface area contributed by atoms with Crippen LogP contribution in [-0.2, 0) is 4.79 Å². The number of hydrogen-bond donors (Lipinski definition) is 1. The van der Waals surface area contributed by atoms with Crippen molar-refractivity contribution in [2.24, 2.45) is 0 Å². The largest absolute Gasteiger partial charge is 0.359 e. The van der Waals surface area contributed by atoms with E-state index in [9.17, 15) is 4.79 Å². The average molecular weight is 166 g/mol. The Kier molecular flexibility index (Phi) is 3.21. The van der Waals surface area contributed by atoms with E-state index < -0.39 is 8.83 Å². The Balaban J connectivity index is 3.97. The minimum Gasteiger partial charge on any atom is -0.359 e. The molecular formula is C5H12ClNOSi. The molecule has 0 heterocycles. The quantitative estimate of drug-likeness (QED) is 0.462. The minimum absolute atomic E-state index is 0.0455. The molecule has 0 aliphatic carbocycles. The van der Waals surface area contributed by atoms with Crippen LogP contribution in [0.25, 0.3) is 0 Å². The lowest BCUT2D eigenvalue weighted by Gasteiger charge is -2.17. The van der Waals surface area contributed by atoms with Crippen LogP contribution in [0.1, 0.15) is 13.8 Å². The van der Waals surface area contributed by atoms with E-state index in [2.05, 4.69) is 5.32 Å². The Morgan fingerprint density at radius 1 is 1.67 bits per heavy atom. The molecule has 0 fully saturated rings. The van der Waals surface area contributed by atoms with Crippen LogP contribution in [0.4, 0.5) is 0 Å². The smallest absolute Gasteiger partial charge is 0.223 e. The van der Waals surface area contributed by atoms with Crippen molar-refractivity contribution >= 4 is 25.8 Å². The van der Waals surface area contributed by atoms with Gasteiger partial charge in [-0.15, -0.1) is 0 Å². The Labute approximate surface area is 62.5 Å². The molecule has 0 bridgehead atoms. The van der Waals surface area contributed by atoms with Crippen molar-refractivity contribution in [3.8, 4) is 0 Å². The highest BCUT2D eigenvalue weighted by atomic mass is 35.6. The summed E-state index contributed by atoms with van der Waals surface area (Å²) in [6, 6.07) is 0. The number of hydrogen-bond acceptors (Lipinski definition) is 1. The number of nitrogens with one attached hydrogen (secondary N) is 1. The van der Waals surface area contributed by atoms with Gasteiger partial charge in [0.05, 0.1) is 0 Å². The summed E-state index contributed by atoms with van der Waals surface area (Å²) in [4.78, 5) is 10.9. The Morgan fingerprint density at radius 2 is 2.11 bits per heavy atom. The van der Waals surface area contributed by atoms with Crippen LogP contribution in [0, 0.1) is 0 Å². The zero-order chi connectivity index (χ0) is 7.49. The summed E-state index contributed by atoms with van der Waals surface area (Å²) in [5, 5.41) is 2.27. The van der Waals surface area contributed by atoms with Crippen LogP contribution in [0.2, 0.25) is 5.04 Å². The van der Waals surface area contributed by atoms with E-state index in [1.807, 2.05) is 13.8 Å². The summed E-state index contributed by atoms with van der Waals surface area (Å²) in [5.41, 5.74) is 0. The first-order valence-electron chi connectivity index (χ1n) is 2.82. The van der Waals surface area contributed by atoms with E-state index >= 15 is 0 Å². The first kappa shape index (κ1) is 8.98. The SMILES string of the molecule is CNC(=O)C(C)(C)[SiH2]Cl. The number of halogens is 1. The zero-order valence-corrected chi connectivity index (χ0v) is 8.16. The molecule has 1 N–H and O–H groups in total. The molecule has 0 unspecified atom stereocenters. The molecule has 0 radical (unpaired) electrons. The lowest BCUT2D eigenvalue weighted by molar-refractivity contribution is -0.122. The Morgan fingerprint density at radius 3 is 2.22 bits per heavy atom. The standard InChI is InChI=1S/C5H12ClNOSi/c1-5(2,9-6)4(8)7-3/h9H2,1-3H3,(H,7,8). The van der Waals surface area contributed by atoms with Crippen LogP contribution in [0.15, 0.2) is 0 Å². The van der Waals surface area contributed by atoms with Gasteiger partial charge in [0.1, 0.15) is 8.83 Å². The molecule has 2 nitrogen and oxygen atoms in total. The first-order chi connectivity index (χ1) is 4.04. The molecule has 0 saturated heterocycles. The molecule has 0 spiro atoms. The van der Waals surface area contributed by atoms with Crippen LogP contribution in [-0.4, -0.2) is 21.8 Å². The molecule has 1 amide bonds. The second-order valence-corrected chi connectivity index (χ2v) is 5.43. The van der Waals surface area contributed by atoms with Crippen molar-refractivity contribution in [3.63, 3.8) is 0 Å². The fourth-order valence-corrected chi connectivity index (χ4v) is 1.06. The second-order valence-electron chi connectivity index (χ2n) is 2.60. The normalized spacial score (nSPS) is 12.4. The van der Waals surface area contributed by atoms with Gasteiger partial charge in [-0.1, -0.05) is 13.8 Å². The predicted octanol–water partition coefficient (Wildman–Crippen LogP) is 0.253. The van der Waals surface area contributed by atoms with E-state index in [1.165, 1.54) is 0 Å². The van der Waals surface area contributed by atoms with Gasteiger partial charge in [-0.2, -0.15) is 11.1 Å². The number of amides is 1. The third-order valence-electron chi connectivity index (χ3n) is 1.18. The second kappa shape index (κ2) is 3.22. The molecule has 4 heteroatoms. The van der Waals surface area contributed by atoms with Gasteiger partial charge in [-0.3, -0.25) is 4.79 Å². The summed E-state index contributed by atoms with van der Waals surface area (Å²) in [6.07, 6.45) is 0. The van der Waals surface area contributed by atoms with Gasteiger partial charge >= 0.3 is 0 Å². The molecule has 0 saturated carbocycles. The first-order valence-corrected chi connectivity index (χ1v) is 5.67. The molecule has 54 valence electrons. The van der Waals surface area contributed by atoms with E-state index in [4.69, 9.17) is 11.1 Å². The van der Waals surface area contributed by atoms with Crippen LogP contribution < -0.4 is 5.32 Å². The average Bonchev–Trinajstić information content (AvgIpc) is 1.86. The molecule has 0 aromatic carbocycles. The van der Waals surface area contributed by atoms with Crippen LogP contribution in [0.5, 0.6) is 0 Å². The van der Waals surface area contributed by atoms with Gasteiger partial charge < -0.3 is 5.32 Å². The number of carbonyl (C=O) groups is 1. The van der Waals surface area contributed by atoms with Crippen molar-refractivity contribution in [3.05, 3.63) is 0 Å². The number of rotatable bonds is 2. The molecule has 0 aromatic heterocycles. The topological polar surface area (TPSA) is 29.1 Å². The Hall–Kier alpha value is -0.0231. The summed E-state index contributed by atoms with van der Waals surface area (Å²) >= 11 is 5.64. The zero-order valence-electron chi connectivity index (χ0n) is 5.99. The highest BCUT2D eigenvalue weighted by Crippen LogP contribution is 2.22. The van der Waals surface area contributed by atoms with Gasteiger partial charge in [-0.25, -0.2) is 0 Å². The highest BCUT2D eigenvalue weighted by Gasteiger charge is 2.25. The highest BCUT2D eigenvalue weighted by molar-refractivity contribution is 6.97. The van der Waals surface area contributed by atoms with Gasteiger partial charge in [0.2, 0.25) is 5.91 Å². The lowest BCUT2D eigenvalue weighted by Crippen LogP contribution is -2.31. The third kappa shape index (κ3) is 2.36. The minimum atomic E-state index is -0.756. The van der Waals surface area contributed by atoms with E-state index in [0.29, 0.717) is 0 Å². The van der Waals surface area contributed by atoms with Gasteiger partial charge in [0, 0.05) is 12.1 Å². The molecule has 0 atom stereocenters.